The summed E-state index contributed by atoms with van der Waals surface area (Å²) in [4.78, 5) is 12.1. The lowest BCUT2D eigenvalue weighted by molar-refractivity contribution is 0.467. The smallest absolute Gasteiger partial charge is 0.257 e. The van der Waals surface area contributed by atoms with Crippen molar-refractivity contribution in [1.29, 1.82) is 0 Å². The fourth-order valence-corrected chi connectivity index (χ4v) is 7.79. The average Bonchev–Trinajstić information content (AvgIpc) is 3.37. The molecule has 1 aliphatic heterocycles. The predicted octanol–water partition coefficient (Wildman–Crippen LogP) is 1.40. The topological polar surface area (TPSA) is 106 Å². The molecule has 1 aliphatic rings. The maximum atomic E-state index is 13.0. The van der Waals surface area contributed by atoms with Crippen LogP contribution in [0, 0.1) is 0 Å². The molecule has 2 aromatic heterocycles. The second kappa shape index (κ2) is 7.04. The summed E-state index contributed by atoms with van der Waals surface area (Å²) in [7, 11) is -5.74. The maximum Gasteiger partial charge on any atom is 0.257 e. The zero-order chi connectivity index (χ0) is 20.1. The Hall–Kier alpha value is -1.57. The first-order chi connectivity index (χ1) is 13.2. The lowest BCUT2D eigenvalue weighted by Crippen LogP contribution is -2.38. The molecule has 150 valence electrons. The molecule has 0 spiro atoms. The van der Waals surface area contributed by atoms with E-state index >= 15 is 0 Å². The van der Waals surface area contributed by atoms with Crippen molar-refractivity contribution in [2.75, 3.05) is 13.1 Å². The number of hydrogen-bond donors (Lipinski definition) is 1. The molecule has 1 atom stereocenters. The van der Waals surface area contributed by atoms with Crippen LogP contribution in [-0.4, -0.2) is 44.2 Å². The third-order valence-corrected chi connectivity index (χ3v) is 10.3. The Morgan fingerprint density at radius 1 is 1.18 bits per heavy atom. The number of thiophene rings is 1. The van der Waals surface area contributed by atoms with Crippen LogP contribution in [0.25, 0.3) is 10.9 Å². The fraction of sp³-hybridized carbons (Fsp3) is 0.312. The molecule has 1 aromatic carbocycles. The number of rotatable bonds is 5. The van der Waals surface area contributed by atoms with Gasteiger partial charge in [-0.2, -0.15) is 4.31 Å². The molecule has 4 rings (SSSR count). The number of benzene rings is 1. The number of nitrogens with zero attached hydrogens (tertiary/aromatic N) is 2. The van der Waals surface area contributed by atoms with E-state index in [1.807, 2.05) is 0 Å². The van der Waals surface area contributed by atoms with Gasteiger partial charge < -0.3 is 0 Å². The van der Waals surface area contributed by atoms with E-state index in [9.17, 15) is 21.6 Å². The number of nitrogens with one attached hydrogen (secondary N) is 1. The summed E-state index contributed by atoms with van der Waals surface area (Å²) in [5, 5.41) is 2.04. The highest BCUT2D eigenvalue weighted by Gasteiger charge is 2.35. The van der Waals surface area contributed by atoms with Gasteiger partial charge in [-0.15, -0.1) is 11.3 Å². The van der Waals surface area contributed by atoms with Crippen molar-refractivity contribution < 1.29 is 16.8 Å². The van der Waals surface area contributed by atoms with Crippen molar-refractivity contribution in [3.63, 3.8) is 0 Å². The van der Waals surface area contributed by atoms with Crippen LogP contribution in [0.1, 0.15) is 6.42 Å². The van der Waals surface area contributed by atoms with Crippen molar-refractivity contribution in [2.45, 2.75) is 21.6 Å². The fourth-order valence-electron chi connectivity index (χ4n) is 3.22. The first-order valence-electron chi connectivity index (χ1n) is 8.34. The van der Waals surface area contributed by atoms with Crippen LogP contribution in [0.15, 0.2) is 49.6 Å². The molecule has 3 heterocycles. The van der Waals surface area contributed by atoms with Gasteiger partial charge in [-0.1, -0.05) is 6.07 Å². The highest BCUT2D eigenvalue weighted by molar-refractivity contribution is 7.91. The van der Waals surface area contributed by atoms with E-state index < -0.39 is 26.1 Å². The summed E-state index contributed by atoms with van der Waals surface area (Å²) < 4.78 is 56.2. The van der Waals surface area contributed by atoms with Gasteiger partial charge in [0.2, 0.25) is 20.0 Å². The number of aryl methyl sites for hydroxylation is 1. The molecule has 0 radical (unpaired) electrons. The maximum absolute atomic E-state index is 13.0. The van der Waals surface area contributed by atoms with Gasteiger partial charge in [0.25, 0.3) is 4.74 Å². The number of sulfonamides is 2. The Kier molecular flexibility index (Phi) is 4.96. The van der Waals surface area contributed by atoms with Crippen LogP contribution in [-0.2, 0) is 27.1 Å². The molecular formula is C16H17N3O5S4. The van der Waals surface area contributed by atoms with Gasteiger partial charge in [0.05, 0.1) is 15.8 Å². The Balaban J connectivity index is 1.56. The number of aromatic nitrogens is 1. The van der Waals surface area contributed by atoms with Crippen LogP contribution in [0.5, 0.6) is 0 Å². The highest BCUT2D eigenvalue weighted by Crippen LogP contribution is 2.25. The first kappa shape index (κ1) is 19.7. The Morgan fingerprint density at radius 3 is 2.68 bits per heavy atom. The molecule has 8 nitrogen and oxygen atoms in total. The van der Waals surface area contributed by atoms with Crippen LogP contribution in [0.3, 0.4) is 0 Å². The number of hydrogen-bond acceptors (Lipinski definition) is 7. The van der Waals surface area contributed by atoms with Gasteiger partial charge in [0.15, 0.2) is 0 Å². The van der Waals surface area contributed by atoms with E-state index in [1.54, 1.807) is 28.5 Å². The molecule has 12 heteroatoms. The lowest BCUT2D eigenvalue weighted by Gasteiger charge is -2.17. The quantitative estimate of drug-likeness (QED) is 0.621. The predicted molar refractivity (Wildman–Crippen MR) is 109 cm³/mol. The van der Waals surface area contributed by atoms with Crippen molar-refractivity contribution in [3.05, 3.63) is 45.2 Å². The zero-order valence-corrected chi connectivity index (χ0v) is 18.0. The molecule has 0 bridgehead atoms. The highest BCUT2D eigenvalue weighted by atomic mass is 32.2. The van der Waals surface area contributed by atoms with Crippen LogP contribution in [0.2, 0.25) is 0 Å². The summed E-state index contributed by atoms with van der Waals surface area (Å²) in [6.07, 6.45) is 0.381. The largest absolute Gasteiger partial charge is 0.297 e. The zero-order valence-electron chi connectivity index (χ0n) is 14.7. The monoisotopic (exact) mass is 459 g/mol. The third kappa shape index (κ3) is 3.44. The summed E-state index contributed by atoms with van der Waals surface area (Å²) in [5.74, 6) is 0. The van der Waals surface area contributed by atoms with Gasteiger partial charge in [0.1, 0.15) is 4.21 Å². The van der Waals surface area contributed by atoms with Crippen LogP contribution in [0.4, 0.5) is 0 Å². The van der Waals surface area contributed by atoms with Crippen molar-refractivity contribution in [1.82, 2.24) is 13.0 Å². The molecule has 0 aliphatic carbocycles. The van der Waals surface area contributed by atoms with Crippen molar-refractivity contribution in [2.24, 2.45) is 7.05 Å². The Morgan fingerprint density at radius 2 is 1.96 bits per heavy atom. The molecule has 1 fully saturated rings. The average molecular weight is 460 g/mol. The lowest BCUT2D eigenvalue weighted by atomic mass is 10.2. The second-order valence-corrected chi connectivity index (χ2v) is 12.4. The molecule has 0 amide bonds. The van der Waals surface area contributed by atoms with Crippen molar-refractivity contribution in [3.8, 4) is 0 Å². The van der Waals surface area contributed by atoms with Crippen LogP contribution < -0.4 is 9.46 Å². The standard InChI is InChI=1S/C16H17N3O5S4/c1-18-14-5-4-12(9-13(14)16(20)26-18)28(23,24)19-7-6-11(10-19)17-27(21,22)15-3-2-8-25-15/h2-5,8-9,11,17H,6-7,10H2,1H3. The van der Waals surface area contributed by atoms with Gasteiger partial charge in [-0.25, -0.2) is 21.6 Å². The minimum absolute atomic E-state index is 0.0391. The van der Waals surface area contributed by atoms with Gasteiger partial charge in [-0.05, 0) is 47.6 Å². The summed E-state index contributed by atoms with van der Waals surface area (Å²) >= 11 is 2.12. The van der Waals surface area contributed by atoms with E-state index in [2.05, 4.69) is 4.72 Å². The minimum atomic E-state index is -3.82. The van der Waals surface area contributed by atoms with Gasteiger partial charge in [-0.3, -0.25) is 8.75 Å². The third-order valence-electron chi connectivity index (χ3n) is 4.62. The molecule has 1 saturated heterocycles. The van der Waals surface area contributed by atoms with Crippen LogP contribution >= 0.6 is 22.9 Å². The molecule has 0 saturated carbocycles. The van der Waals surface area contributed by atoms with E-state index in [-0.39, 0.29) is 26.9 Å². The summed E-state index contributed by atoms with van der Waals surface area (Å²) in [6.45, 7) is 0.256. The molecule has 1 N–H and O–H groups in total. The van der Waals surface area contributed by atoms with E-state index in [0.717, 1.165) is 22.9 Å². The van der Waals surface area contributed by atoms with Crippen molar-refractivity contribution >= 4 is 53.8 Å². The first-order valence-corrected chi connectivity index (χ1v) is 12.9. The Bertz CT molecular complexity index is 1290. The SMILES string of the molecule is Cn1sc(=O)c2cc(S(=O)(=O)N3CCC(NS(=O)(=O)c4cccs4)C3)ccc21. The molecule has 1 unspecified atom stereocenters. The van der Waals surface area contributed by atoms with E-state index in [0.29, 0.717) is 17.3 Å². The summed E-state index contributed by atoms with van der Waals surface area (Å²) in [6, 6.07) is 7.15. The summed E-state index contributed by atoms with van der Waals surface area (Å²) in [5.41, 5.74) is 0.678. The molecule has 28 heavy (non-hydrogen) atoms. The van der Waals surface area contributed by atoms with Gasteiger partial charge in [0, 0.05) is 26.2 Å². The Labute approximate surface area is 170 Å². The van der Waals surface area contributed by atoms with Gasteiger partial charge >= 0.3 is 0 Å². The minimum Gasteiger partial charge on any atom is -0.297 e. The normalized spacial score (nSPS) is 18.8. The number of fused-ring (bicyclic) bond motifs is 1. The van der Waals surface area contributed by atoms with E-state index in [1.165, 1.54) is 22.5 Å². The van der Waals surface area contributed by atoms with E-state index in [4.69, 9.17) is 0 Å². The molecule has 3 aromatic rings. The second-order valence-electron chi connectivity index (χ2n) is 6.46. The molecular weight excluding hydrogens is 442 g/mol.